The normalized spacial score (nSPS) is 23.9. The van der Waals surface area contributed by atoms with Crippen LogP contribution in [0.25, 0.3) is 0 Å². The molecule has 4 heteroatoms. The smallest absolute Gasteiger partial charge is 0.144 e. The third-order valence-corrected chi connectivity index (χ3v) is 3.64. The van der Waals surface area contributed by atoms with Gasteiger partial charge in [-0.25, -0.2) is 0 Å². The SMILES string of the molecule is CC1C(CCO)Oc2cc(Br)ccc2N1C. The molecule has 1 heterocycles. The molecule has 1 aromatic rings. The molecule has 88 valence electrons. The highest BCUT2D eigenvalue weighted by molar-refractivity contribution is 9.10. The number of halogens is 1. The van der Waals surface area contributed by atoms with Crippen molar-refractivity contribution >= 4 is 21.6 Å². The summed E-state index contributed by atoms with van der Waals surface area (Å²) in [5.74, 6) is 0.883. The predicted octanol–water partition coefficient (Wildman–Crippen LogP) is 2.42. The molecule has 16 heavy (non-hydrogen) atoms. The van der Waals surface area contributed by atoms with Crippen molar-refractivity contribution in [1.82, 2.24) is 0 Å². The molecule has 0 radical (unpaired) electrons. The molecule has 0 spiro atoms. The molecule has 0 amide bonds. The molecule has 0 saturated carbocycles. The number of likely N-dealkylation sites (N-methyl/N-ethyl adjacent to an activating group) is 1. The lowest BCUT2D eigenvalue weighted by molar-refractivity contribution is 0.124. The third-order valence-electron chi connectivity index (χ3n) is 3.14. The van der Waals surface area contributed by atoms with E-state index in [1.165, 1.54) is 0 Å². The summed E-state index contributed by atoms with van der Waals surface area (Å²) in [7, 11) is 2.06. The average molecular weight is 286 g/mol. The molecule has 0 saturated heterocycles. The van der Waals surface area contributed by atoms with Gasteiger partial charge in [-0.15, -0.1) is 0 Å². The van der Waals surface area contributed by atoms with Crippen molar-refractivity contribution in [2.75, 3.05) is 18.6 Å². The summed E-state index contributed by atoms with van der Waals surface area (Å²) in [4.78, 5) is 2.20. The molecule has 1 aliphatic rings. The molecule has 0 fully saturated rings. The number of rotatable bonds is 2. The van der Waals surface area contributed by atoms with Crippen molar-refractivity contribution in [2.24, 2.45) is 0 Å². The van der Waals surface area contributed by atoms with Gasteiger partial charge in [0, 0.05) is 24.5 Å². The van der Waals surface area contributed by atoms with Gasteiger partial charge >= 0.3 is 0 Å². The van der Waals surface area contributed by atoms with E-state index in [2.05, 4.69) is 34.8 Å². The number of hydrogen-bond donors (Lipinski definition) is 1. The molecule has 2 rings (SSSR count). The van der Waals surface area contributed by atoms with Crippen molar-refractivity contribution in [2.45, 2.75) is 25.5 Å². The monoisotopic (exact) mass is 285 g/mol. The van der Waals surface area contributed by atoms with Gasteiger partial charge in [0.25, 0.3) is 0 Å². The van der Waals surface area contributed by atoms with Crippen LogP contribution in [0, 0.1) is 0 Å². The van der Waals surface area contributed by atoms with E-state index < -0.39 is 0 Å². The fraction of sp³-hybridized carbons (Fsp3) is 0.500. The Kier molecular flexibility index (Phi) is 3.40. The second-order valence-corrected chi connectivity index (χ2v) is 5.05. The van der Waals surface area contributed by atoms with Gasteiger partial charge in [0.15, 0.2) is 0 Å². The van der Waals surface area contributed by atoms with Gasteiger partial charge in [-0.1, -0.05) is 15.9 Å². The third kappa shape index (κ3) is 2.04. The Morgan fingerprint density at radius 2 is 2.25 bits per heavy atom. The summed E-state index contributed by atoms with van der Waals surface area (Å²) in [5, 5.41) is 9.02. The van der Waals surface area contributed by atoms with E-state index in [0.717, 1.165) is 15.9 Å². The number of ether oxygens (including phenoxy) is 1. The Morgan fingerprint density at radius 1 is 1.50 bits per heavy atom. The van der Waals surface area contributed by atoms with Gasteiger partial charge in [0.05, 0.1) is 11.7 Å². The van der Waals surface area contributed by atoms with E-state index >= 15 is 0 Å². The first kappa shape index (κ1) is 11.7. The van der Waals surface area contributed by atoms with Crippen LogP contribution in [0.4, 0.5) is 5.69 Å². The summed E-state index contributed by atoms with van der Waals surface area (Å²) < 4.78 is 6.92. The molecule has 2 unspecified atom stereocenters. The van der Waals surface area contributed by atoms with E-state index in [1.54, 1.807) is 0 Å². The van der Waals surface area contributed by atoms with Gasteiger partial charge in [-0.3, -0.25) is 0 Å². The van der Waals surface area contributed by atoms with Crippen LogP contribution in [0.15, 0.2) is 22.7 Å². The molecule has 0 bridgehead atoms. The molecular formula is C12H16BrNO2. The van der Waals surface area contributed by atoms with Crippen LogP contribution in [-0.4, -0.2) is 30.9 Å². The minimum Gasteiger partial charge on any atom is -0.486 e. The van der Waals surface area contributed by atoms with E-state index in [-0.39, 0.29) is 18.8 Å². The van der Waals surface area contributed by atoms with Crippen LogP contribution in [-0.2, 0) is 0 Å². The minimum absolute atomic E-state index is 0.0526. The Hall–Kier alpha value is -0.740. The summed E-state index contributed by atoms with van der Waals surface area (Å²) in [6.45, 7) is 2.28. The zero-order valence-electron chi connectivity index (χ0n) is 9.48. The first-order valence-electron chi connectivity index (χ1n) is 5.43. The number of aliphatic hydroxyl groups excluding tert-OH is 1. The van der Waals surface area contributed by atoms with Gasteiger partial charge in [0.2, 0.25) is 0 Å². The van der Waals surface area contributed by atoms with Crippen molar-refractivity contribution in [3.63, 3.8) is 0 Å². The van der Waals surface area contributed by atoms with Crippen LogP contribution >= 0.6 is 15.9 Å². The number of hydrogen-bond acceptors (Lipinski definition) is 3. The molecule has 2 atom stereocenters. The fourth-order valence-corrected chi connectivity index (χ4v) is 2.37. The summed E-state index contributed by atoms with van der Waals surface area (Å²) >= 11 is 3.44. The van der Waals surface area contributed by atoms with Gasteiger partial charge in [0.1, 0.15) is 11.9 Å². The number of nitrogens with zero attached hydrogens (tertiary/aromatic N) is 1. The maximum atomic E-state index is 9.02. The van der Waals surface area contributed by atoms with Crippen molar-refractivity contribution < 1.29 is 9.84 Å². The number of anilines is 1. The van der Waals surface area contributed by atoms with Gasteiger partial charge in [-0.05, 0) is 25.1 Å². The molecule has 3 nitrogen and oxygen atoms in total. The van der Waals surface area contributed by atoms with Crippen molar-refractivity contribution in [3.8, 4) is 5.75 Å². The molecular weight excluding hydrogens is 270 g/mol. The van der Waals surface area contributed by atoms with Crippen LogP contribution < -0.4 is 9.64 Å². The van der Waals surface area contributed by atoms with Gasteiger partial charge < -0.3 is 14.7 Å². The second kappa shape index (κ2) is 4.63. The second-order valence-electron chi connectivity index (χ2n) is 4.13. The van der Waals surface area contributed by atoms with Crippen molar-refractivity contribution in [1.29, 1.82) is 0 Å². The molecule has 1 aliphatic heterocycles. The highest BCUT2D eigenvalue weighted by Gasteiger charge is 2.30. The molecule has 0 aromatic heterocycles. The Bertz CT molecular complexity index is 383. The lowest BCUT2D eigenvalue weighted by atomic mass is 10.0. The van der Waals surface area contributed by atoms with Crippen LogP contribution in [0.1, 0.15) is 13.3 Å². The van der Waals surface area contributed by atoms with E-state index in [9.17, 15) is 0 Å². The van der Waals surface area contributed by atoms with Crippen LogP contribution in [0.3, 0.4) is 0 Å². The van der Waals surface area contributed by atoms with Crippen LogP contribution in [0.5, 0.6) is 5.75 Å². The maximum absolute atomic E-state index is 9.02. The summed E-state index contributed by atoms with van der Waals surface area (Å²) in [6.07, 6.45) is 0.717. The number of fused-ring (bicyclic) bond motifs is 1. The zero-order chi connectivity index (χ0) is 11.7. The highest BCUT2D eigenvalue weighted by atomic mass is 79.9. The fourth-order valence-electron chi connectivity index (χ4n) is 2.03. The topological polar surface area (TPSA) is 32.7 Å². The zero-order valence-corrected chi connectivity index (χ0v) is 11.1. The largest absolute Gasteiger partial charge is 0.486 e. The maximum Gasteiger partial charge on any atom is 0.144 e. The lowest BCUT2D eigenvalue weighted by Gasteiger charge is -2.39. The van der Waals surface area contributed by atoms with Crippen LogP contribution in [0.2, 0.25) is 0 Å². The van der Waals surface area contributed by atoms with Gasteiger partial charge in [-0.2, -0.15) is 0 Å². The standard InChI is InChI=1S/C12H16BrNO2/c1-8-11(5-6-15)16-12-7-9(13)3-4-10(12)14(8)2/h3-4,7-8,11,15H,5-6H2,1-2H3. The Labute approximate surface area is 104 Å². The number of aliphatic hydroxyl groups is 1. The van der Waals surface area contributed by atoms with E-state index in [4.69, 9.17) is 9.84 Å². The quantitative estimate of drug-likeness (QED) is 0.906. The Morgan fingerprint density at radius 3 is 2.94 bits per heavy atom. The lowest BCUT2D eigenvalue weighted by Crippen LogP contribution is -2.46. The average Bonchev–Trinajstić information content (AvgIpc) is 2.25. The van der Waals surface area contributed by atoms with E-state index in [0.29, 0.717) is 6.42 Å². The summed E-state index contributed by atoms with van der Waals surface area (Å²) in [5.41, 5.74) is 1.10. The summed E-state index contributed by atoms with van der Waals surface area (Å²) in [6, 6.07) is 6.31. The Balaban J connectivity index is 2.32. The minimum atomic E-state index is 0.0526. The molecule has 1 N–H and O–H groups in total. The first-order valence-corrected chi connectivity index (χ1v) is 6.22. The van der Waals surface area contributed by atoms with Crippen molar-refractivity contribution in [3.05, 3.63) is 22.7 Å². The molecule has 1 aromatic carbocycles. The molecule has 0 aliphatic carbocycles. The highest BCUT2D eigenvalue weighted by Crippen LogP contribution is 2.37. The van der Waals surface area contributed by atoms with E-state index in [1.807, 2.05) is 18.2 Å². The number of benzene rings is 1. The predicted molar refractivity (Wildman–Crippen MR) is 68.1 cm³/mol. The first-order chi connectivity index (χ1) is 7.63.